The predicted molar refractivity (Wildman–Crippen MR) is 139 cm³/mol. The number of benzene rings is 3. The number of carbonyl (C=O) groups is 3. The second-order valence-corrected chi connectivity index (χ2v) is 8.82. The molecule has 0 aliphatic carbocycles. The van der Waals surface area contributed by atoms with Gasteiger partial charge in [0.05, 0.1) is 17.3 Å². The van der Waals surface area contributed by atoms with Crippen molar-refractivity contribution in [3.05, 3.63) is 92.4 Å². The average Bonchev–Trinajstić information content (AvgIpc) is 2.83. The molecule has 36 heavy (non-hydrogen) atoms. The number of amides is 4. The largest absolute Gasteiger partial charge is 0.494 e. The molecule has 1 heterocycles. The Labute approximate surface area is 222 Å². The van der Waals surface area contributed by atoms with Crippen molar-refractivity contribution < 1.29 is 23.9 Å². The zero-order valence-corrected chi connectivity index (χ0v) is 21.2. The van der Waals surface area contributed by atoms with E-state index in [0.29, 0.717) is 22.9 Å². The van der Waals surface area contributed by atoms with Crippen LogP contribution in [0.25, 0.3) is 6.08 Å². The highest BCUT2D eigenvalue weighted by Gasteiger charge is 2.37. The van der Waals surface area contributed by atoms with E-state index < -0.39 is 17.8 Å². The van der Waals surface area contributed by atoms with E-state index in [1.54, 1.807) is 42.5 Å². The molecule has 3 aromatic carbocycles. The monoisotopic (exact) mass is 544 g/mol. The summed E-state index contributed by atoms with van der Waals surface area (Å²) in [4.78, 5) is 39.3. The maximum absolute atomic E-state index is 13.3. The molecule has 10 heteroatoms. The summed E-state index contributed by atoms with van der Waals surface area (Å²) < 4.78 is 11.3. The summed E-state index contributed by atoms with van der Waals surface area (Å²) in [6, 6.07) is 15.6. The zero-order chi connectivity index (χ0) is 25.8. The van der Waals surface area contributed by atoms with Crippen molar-refractivity contribution in [1.29, 1.82) is 0 Å². The fourth-order valence-electron chi connectivity index (χ4n) is 3.51. The van der Waals surface area contributed by atoms with Crippen LogP contribution in [0.1, 0.15) is 18.1 Å². The second-order valence-electron chi connectivity index (χ2n) is 7.57. The Kier molecular flexibility index (Phi) is 7.84. The minimum atomic E-state index is -0.870. The van der Waals surface area contributed by atoms with Crippen molar-refractivity contribution >= 4 is 64.4 Å². The van der Waals surface area contributed by atoms with Gasteiger partial charge in [0.25, 0.3) is 11.8 Å². The Bertz CT molecular complexity index is 1370. The van der Waals surface area contributed by atoms with Crippen LogP contribution in [0.5, 0.6) is 11.5 Å². The van der Waals surface area contributed by atoms with Crippen LogP contribution >= 0.6 is 34.8 Å². The van der Waals surface area contributed by atoms with E-state index in [1.165, 1.54) is 18.2 Å². The van der Waals surface area contributed by atoms with Gasteiger partial charge in [-0.1, -0.05) is 53.0 Å². The molecule has 184 valence electrons. The fourth-order valence-corrected chi connectivity index (χ4v) is 4.26. The van der Waals surface area contributed by atoms with E-state index in [-0.39, 0.29) is 39.2 Å². The summed E-state index contributed by atoms with van der Waals surface area (Å²) in [7, 11) is 0. The number of carbonyl (C=O) groups excluding carboxylic acids is 3. The van der Waals surface area contributed by atoms with Crippen LogP contribution in [-0.2, 0) is 16.2 Å². The summed E-state index contributed by atoms with van der Waals surface area (Å²) in [5, 5.41) is 3.13. The minimum Gasteiger partial charge on any atom is -0.494 e. The molecule has 1 aliphatic heterocycles. The lowest BCUT2D eigenvalue weighted by atomic mass is 10.1. The third-order valence-electron chi connectivity index (χ3n) is 5.17. The molecule has 0 saturated carbocycles. The SMILES string of the molecule is CCOc1ccc(N2C(=O)NC(=O)/C(=C\c3cc(Cl)cc(Cl)c3OCc3ccccc3Cl)C2=O)cc1. The lowest BCUT2D eigenvalue weighted by Gasteiger charge is -2.26. The normalized spacial score (nSPS) is 14.7. The lowest BCUT2D eigenvalue weighted by Crippen LogP contribution is -2.54. The molecule has 0 spiro atoms. The number of ether oxygens (including phenoxy) is 2. The molecule has 4 amide bonds. The van der Waals surface area contributed by atoms with Crippen LogP contribution in [0, 0.1) is 0 Å². The molecular weight excluding hydrogens is 527 g/mol. The van der Waals surface area contributed by atoms with Gasteiger partial charge >= 0.3 is 6.03 Å². The number of hydrogen-bond donors (Lipinski definition) is 1. The summed E-state index contributed by atoms with van der Waals surface area (Å²) in [6.07, 6.45) is 1.28. The third kappa shape index (κ3) is 5.49. The van der Waals surface area contributed by atoms with Gasteiger partial charge in [0.1, 0.15) is 23.7 Å². The molecule has 1 N–H and O–H groups in total. The van der Waals surface area contributed by atoms with E-state index in [9.17, 15) is 14.4 Å². The van der Waals surface area contributed by atoms with Crippen LogP contribution < -0.4 is 19.7 Å². The van der Waals surface area contributed by atoms with Crippen LogP contribution in [0.3, 0.4) is 0 Å². The number of halogens is 3. The number of urea groups is 1. The molecule has 4 rings (SSSR count). The summed E-state index contributed by atoms with van der Waals surface area (Å²) in [5.41, 5.74) is 0.949. The maximum Gasteiger partial charge on any atom is 0.335 e. The number of nitrogens with one attached hydrogen (secondary N) is 1. The highest BCUT2D eigenvalue weighted by molar-refractivity contribution is 6.40. The molecule has 0 aromatic heterocycles. The predicted octanol–water partition coefficient (Wildman–Crippen LogP) is 6.29. The van der Waals surface area contributed by atoms with Crippen molar-refractivity contribution in [2.24, 2.45) is 0 Å². The highest BCUT2D eigenvalue weighted by Crippen LogP contribution is 2.36. The summed E-state index contributed by atoms with van der Waals surface area (Å²) >= 11 is 18.8. The van der Waals surface area contributed by atoms with Crippen LogP contribution in [0.2, 0.25) is 15.1 Å². The molecule has 0 bridgehead atoms. The Morgan fingerprint density at radius 1 is 0.917 bits per heavy atom. The number of anilines is 1. The smallest absolute Gasteiger partial charge is 0.335 e. The van der Waals surface area contributed by atoms with Gasteiger partial charge in [-0.2, -0.15) is 0 Å². The molecule has 3 aromatic rings. The first-order valence-electron chi connectivity index (χ1n) is 10.8. The van der Waals surface area contributed by atoms with E-state index in [2.05, 4.69) is 5.32 Å². The van der Waals surface area contributed by atoms with E-state index in [1.807, 2.05) is 13.0 Å². The average molecular weight is 546 g/mol. The van der Waals surface area contributed by atoms with Crippen molar-refractivity contribution in [1.82, 2.24) is 5.32 Å². The summed E-state index contributed by atoms with van der Waals surface area (Å²) in [5.74, 6) is -0.910. The zero-order valence-electron chi connectivity index (χ0n) is 18.9. The minimum absolute atomic E-state index is 0.0775. The topological polar surface area (TPSA) is 84.9 Å². The van der Waals surface area contributed by atoms with Gasteiger partial charge in [-0.05, 0) is 55.5 Å². The first-order valence-corrected chi connectivity index (χ1v) is 11.9. The number of imide groups is 2. The molecule has 0 radical (unpaired) electrons. The van der Waals surface area contributed by atoms with E-state index >= 15 is 0 Å². The van der Waals surface area contributed by atoms with Gasteiger partial charge in [-0.3, -0.25) is 14.9 Å². The number of rotatable bonds is 7. The Morgan fingerprint density at radius 2 is 1.64 bits per heavy atom. The van der Waals surface area contributed by atoms with Crippen molar-refractivity contribution in [3.63, 3.8) is 0 Å². The Balaban J connectivity index is 1.69. The van der Waals surface area contributed by atoms with Gasteiger partial charge < -0.3 is 9.47 Å². The maximum atomic E-state index is 13.3. The lowest BCUT2D eigenvalue weighted by molar-refractivity contribution is -0.122. The quantitative estimate of drug-likeness (QED) is 0.279. The van der Waals surface area contributed by atoms with Crippen molar-refractivity contribution in [2.75, 3.05) is 11.5 Å². The standard InChI is InChI=1S/C26H19Cl3N2O5/c1-2-35-19-9-7-18(8-10-19)31-25(33)20(24(32)30-26(31)34)12-16-11-17(27)13-22(29)23(16)36-14-15-5-3-4-6-21(15)28/h3-13H,2,14H2,1H3,(H,30,32,34)/b20-12+. The van der Waals surface area contributed by atoms with Gasteiger partial charge in [0.2, 0.25) is 0 Å². The van der Waals surface area contributed by atoms with Gasteiger partial charge in [0.15, 0.2) is 0 Å². The second kappa shape index (κ2) is 11.0. The molecule has 7 nitrogen and oxygen atoms in total. The highest BCUT2D eigenvalue weighted by atomic mass is 35.5. The number of nitrogens with zero attached hydrogens (tertiary/aromatic N) is 1. The van der Waals surface area contributed by atoms with Gasteiger partial charge in [-0.15, -0.1) is 0 Å². The fraction of sp³-hybridized carbons (Fsp3) is 0.115. The molecular formula is C26H19Cl3N2O5. The van der Waals surface area contributed by atoms with Crippen molar-refractivity contribution in [3.8, 4) is 11.5 Å². The van der Waals surface area contributed by atoms with E-state index in [0.717, 1.165) is 4.90 Å². The van der Waals surface area contributed by atoms with E-state index in [4.69, 9.17) is 44.3 Å². The number of hydrogen-bond acceptors (Lipinski definition) is 5. The first kappa shape index (κ1) is 25.6. The molecule has 1 aliphatic rings. The van der Waals surface area contributed by atoms with Gasteiger partial charge in [-0.25, -0.2) is 9.69 Å². The summed E-state index contributed by atoms with van der Waals surface area (Å²) in [6.45, 7) is 2.38. The molecule has 0 unspecified atom stereocenters. The molecule has 0 atom stereocenters. The molecule has 1 saturated heterocycles. The van der Waals surface area contributed by atoms with Crippen molar-refractivity contribution in [2.45, 2.75) is 13.5 Å². The first-order chi connectivity index (χ1) is 17.3. The number of barbiturate groups is 1. The molecule has 1 fully saturated rings. The van der Waals surface area contributed by atoms with Gasteiger partial charge in [0, 0.05) is 21.2 Å². The third-order valence-corrected chi connectivity index (χ3v) is 6.04. The Morgan fingerprint density at radius 3 is 2.33 bits per heavy atom. The van der Waals surface area contributed by atoms with Crippen LogP contribution in [-0.4, -0.2) is 24.5 Å². The van der Waals surface area contributed by atoms with Crippen LogP contribution in [0.4, 0.5) is 10.5 Å². The van der Waals surface area contributed by atoms with Crippen LogP contribution in [0.15, 0.2) is 66.2 Å². The Hall–Kier alpha value is -3.52.